The van der Waals surface area contributed by atoms with E-state index in [4.69, 9.17) is 9.47 Å². The van der Waals surface area contributed by atoms with Gasteiger partial charge in [-0.25, -0.2) is 4.79 Å². The third-order valence-electron chi connectivity index (χ3n) is 10.9. The first-order chi connectivity index (χ1) is 20.8. The number of carbonyl (C=O) groups excluding carboxylic acids is 3. The predicted molar refractivity (Wildman–Crippen MR) is 165 cm³/mol. The molecule has 0 aromatic heterocycles. The molecule has 8 heteroatoms. The Balaban J connectivity index is 1.44. The van der Waals surface area contributed by atoms with Gasteiger partial charge in [0.2, 0.25) is 5.91 Å². The number of ether oxygens (including phenoxy) is 2. The molecule has 2 aromatic rings. The first-order valence-corrected chi connectivity index (χ1v) is 16.0. The van der Waals surface area contributed by atoms with Crippen LogP contribution in [0.5, 0.6) is 5.75 Å². The molecule has 3 fully saturated rings. The van der Waals surface area contributed by atoms with Crippen molar-refractivity contribution in [2.75, 3.05) is 32.2 Å². The van der Waals surface area contributed by atoms with Crippen LogP contribution >= 0.6 is 0 Å². The fourth-order valence-electron chi connectivity index (χ4n) is 8.64. The van der Waals surface area contributed by atoms with Crippen LogP contribution in [0.25, 0.3) is 0 Å². The van der Waals surface area contributed by atoms with E-state index < -0.39 is 5.97 Å². The average Bonchev–Trinajstić information content (AvgIpc) is 3.40. The van der Waals surface area contributed by atoms with Crippen molar-refractivity contribution in [1.82, 2.24) is 9.80 Å². The van der Waals surface area contributed by atoms with E-state index >= 15 is 0 Å². The van der Waals surface area contributed by atoms with Gasteiger partial charge in [-0.2, -0.15) is 0 Å². The number of amides is 3. The molecule has 2 saturated carbocycles. The maximum Gasteiger partial charge on any atom is 0.325 e. The van der Waals surface area contributed by atoms with E-state index in [2.05, 4.69) is 31.2 Å². The van der Waals surface area contributed by atoms with Crippen molar-refractivity contribution in [3.05, 3.63) is 59.7 Å². The number of hydrogen-bond acceptors (Lipinski definition) is 5. The molecule has 1 unspecified atom stereocenters. The highest BCUT2D eigenvalue weighted by Gasteiger charge is 2.59. The van der Waals surface area contributed by atoms with E-state index in [-0.39, 0.29) is 60.5 Å². The zero-order chi connectivity index (χ0) is 30.3. The fraction of sp³-hybridized carbons (Fsp3) is 0.571. The summed E-state index contributed by atoms with van der Waals surface area (Å²) in [6.45, 7) is 4.20. The van der Waals surface area contributed by atoms with Crippen LogP contribution in [-0.2, 0) is 20.7 Å². The van der Waals surface area contributed by atoms with Gasteiger partial charge in [0.1, 0.15) is 12.3 Å². The molecule has 0 radical (unpaired) electrons. The lowest BCUT2D eigenvalue weighted by Crippen LogP contribution is -2.49. The largest absolute Gasteiger partial charge is 0.497 e. The molecule has 230 valence electrons. The van der Waals surface area contributed by atoms with Gasteiger partial charge in [-0.1, -0.05) is 50.5 Å². The number of nitrogens with zero attached hydrogens (tertiary/aromatic N) is 3. The summed E-state index contributed by atoms with van der Waals surface area (Å²) in [7, 11) is 3.61. The van der Waals surface area contributed by atoms with Gasteiger partial charge in [0.25, 0.3) is 0 Å². The van der Waals surface area contributed by atoms with Crippen LogP contribution in [0.15, 0.2) is 48.5 Å². The van der Waals surface area contributed by atoms with Crippen LogP contribution in [0, 0.1) is 11.3 Å². The van der Waals surface area contributed by atoms with Crippen molar-refractivity contribution in [2.45, 2.75) is 89.3 Å². The van der Waals surface area contributed by atoms with Crippen molar-refractivity contribution in [3.8, 4) is 5.75 Å². The van der Waals surface area contributed by atoms with Crippen LogP contribution in [0.2, 0.25) is 0 Å². The molecule has 0 bridgehead atoms. The molecule has 8 nitrogen and oxygen atoms in total. The van der Waals surface area contributed by atoms with E-state index in [1.54, 1.807) is 18.9 Å². The summed E-state index contributed by atoms with van der Waals surface area (Å²) < 4.78 is 10.7. The predicted octanol–water partition coefficient (Wildman–Crippen LogP) is 5.78. The molecule has 5 atom stereocenters. The van der Waals surface area contributed by atoms with Gasteiger partial charge in [0, 0.05) is 24.7 Å². The van der Waals surface area contributed by atoms with Crippen LogP contribution in [0.4, 0.5) is 10.5 Å². The van der Waals surface area contributed by atoms with Gasteiger partial charge >= 0.3 is 12.0 Å². The maximum absolute atomic E-state index is 14.7. The van der Waals surface area contributed by atoms with E-state index in [1.165, 1.54) is 17.5 Å². The number of esters is 1. The summed E-state index contributed by atoms with van der Waals surface area (Å²) in [6, 6.07) is 15.7. The normalized spacial score (nSPS) is 28.5. The van der Waals surface area contributed by atoms with Crippen LogP contribution < -0.4 is 9.64 Å². The van der Waals surface area contributed by atoms with Crippen LogP contribution in [-0.4, -0.2) is 73.1 Å². The molecule has 1 saturated heterocycles. The van der Waals surface area contributed by atoms with Crippen molar-refractivity contribution in [3.63, 3.8) is 0 Å². The lowest BCUT2D eigenvalue weighted by molar-refractivity contribution is -0.144. The molecule has 4 aliphatic rings. The van der Waals surface area contributed by atoms with Gasteiger partial charge in [0.05, 0.1) is 25.8 Å². The number of methoxy groups -OCH3 is 1. The maximum atomic E-state index is 14.7. The number of benzene rings is 2. The molecule has 3 amide bonds. The van der Waals surface area contributed by atoms with Crippen molar-refractivity contribution in [2.24, 2.45) is 11.3 Å². The number of hydrogen-bond donors (Lipinski definition) is 0. The third-order valence-corrected chi connectivity index (χ3v) is 10.9. The van der Waals surface area contributed by atoms with Crippen LogP contribution in [0.3, 0.4) is 0 Å². The molecular weight excluding hydrogens is 542 g/mol. The Kier molecular flexibility index (Phi) is 8.14. The molecule has 43 heavy (non-hydrogen) atoms. The van der Waals surface area contributed by atoms with Gasteiger partial charge < -0.3 is 19.3 Å². The van der Waals surface area contributed by atoms with Gasteiger partial charge in [0.15, 0.2) is 0 Å². The summed E-state index contributed by atoms with van der Waals surface area (Å²) in [5.74, 6) is 0.280. The standard InChI is InChI=1S/C35H45N3O5/c1-5-43-32(39)22-37-30-20-29(33(40)36(3)24-12-7-6-8-13-24)35(2)21-23-11-9-10-14-27(23)28(35)19-31(30)38(34(37)41)25-15-17-26(42-4)18-16-25/h9-11,14-18,24,28-31H,5-8,12-13,19-22H2,1-4H3/t28?,29-,30-,31+,35+/m1/s1. The van der Waals surface area contributed by atoms with E-state index in [9.17, 15) is 14.4 Å². The zero-order valence-electron chi connectivity index (χ0n) is 26.0. The Bertz CT molecular complexity index is 1360. The summed E-state index contributed by atoms with van der Waals surface area (Å²) >= 11 is 0. The first-order valence-electron chi connectivity index (χ1n) is 16.0. The number of urea groups is 1. The minimum atomic E-state index is -0.422. The molecule has 0 N–H and O–H groups in total. The number of rotatable bonds is 7. The smallest absolute Gasteiger partial charge is 0.325 e. The highest BCUT2D eigenvalue weighted by atomic mass is 16.5. The SMILES string of the molecule is CCOC(=O)CN1C(=O)N(c2ccc(OC)cc2)[C@H]2CC3c4ccccc4C[C@]3(C)[C@@H](C(=O)N(C)C3CCCCC3)C[C@H]21. The van der Waals surface area contributed by atoms with Crippen LogP contribution in [0.1, 0.15) is 75.8 Å². The van der Waals surface area contributed by atoms with E-state index in [0.29, 0.717) is 18.6 Å². The molecule has 1 aliphatic heterocycles. The van der Waals surface area contributed by atoms with Crippen molar-refractivity contribution >= 4 is 23.6 Å². The molecule has 3 aliphatic carbocycles. The summed E-state index contributed by atoms with van der Waals surface area (Å²) in [4.78, 5) is 47.4. The van der Waals surface area contributed by atoms with E-state index in [1.807, 2.05) is 41.1 Å². The van der Waals surface area contributed by atoms with E-state index in [0.717, 1.165) is 37.8 Å². The Hall–Kier alpha value is -3.55. The average molecular weight is 588 g/mol. The second-order valence-corrected chi connectivity index (χ2v) is 13.1. The highest BCUT2D eigenvalue weighted by Crippen LogP contribution is 2.59. The Morgan fingerprint density at radius 3 is 2.42 bits per heavy atom. The molecule has 1 heterocycles. The Morgan fingerprint density at radius 2 is 1.72 bits per heavy atom. The zero-order valence-corrected chi connectivity index (χ0v) is 26.0. The van der Waals surface area contributed by atoms with Crippen molar-refractivity contribution < 1.29 is 23.9 Å². The molecule has 0 spiro atoms. The topological polar surface area (TPSA) is 79.4 Å². The Labute approximate surface area is 255 Å². The quantitative estimate of drug-likeness (QED) is 0.384. The number of fused-ring (bicyclic) bond motifs is 4. The highest BCUT2D eigenvalue weighted by molar-refractivity contribution is 5.97. The minimum Gasteiger partial charge on any atom is -0.497 e. The minimum absolute atomic E-state index is 0.100. The first kappa shape index (κ1) is 29.5. The second-order valence-electron chi connectivity index (χ2n) is 13.1. The number of anilines is 1. The third kappa shape index (κ3) is 5.17. The van der Waals surface area contributed by atoms with Crippen molar-refractivity contribution in [1.29, 1.82) is 0 Å². The molecule has 6 rings (SSSR count). The molecular formula is C35H45N3O5. The summed E-state index contributed by atoms with van der Waals surface area (Å²) in [5.41, 5.74) is 3.05. The molecule has 2 aromatic carbocycles. The lowest BCUT2D eigenvalue weighted by atomic mass is 9.66. The van der Waals surface area contributed by atoms with Gasteiger partial charge in [-0.05, 0) is 85.8 Å². The van der Waals surface area contributed by atoms with Gasteiger partial charge in [-0.3, -0.25) is 14.5 Å². The fourth-order valence-corrected chi connectivity index (χ4v) is 8.64. The lowest BCUT2D eigenvalue weighted by Gasteiger charge is -2.42. The summed E-state index contributed by atoms with van der Waals surface area (Å²) in [5, 5.41) is 0. The monoisotopic (exact) mass is 587 g/mol. The second kappa shape index (κ2) is 11.9. The number of carbonyl (C=O) groups is 3. The van der Waals surface area contributed by atoms with Gasteiger partial charge in [-0.15, -0.1) is 0 Å². The summed E-state index contributed by atoms with van der Waals surface area (Å²) in [6.07, 6.45) is 7.68. The Morgan fingerprint density at radius 1 is 1.00 bits per heavy atom.